The van der Waals surface area contributed by atoms with Gasteiger partial charge in [-0.2, -0.15) is 0 Å². The summed E-state index contributed by atoms with van der Waals surface area (Å²) in [5.74, 6) is 0.335. The molecule has 3 fully saturated rings. The van der Waals surface area contributed by atoms with Crippen molar-refractivity contribution in [2.45, 2.75) is 64.1 Å². The zero-order chi connectivity index (χ0) is 13.2. The predicted molar refractivity (Wildman–Crippen MR) is 67.9 cm³/mol. The van der Waals surface area contributed by atoms with Crippen molar-refractivity contribution in [2.24, 2.45) is 11.3 Å². The Morgan fingerprint density at radius 1 is 1.56 bits per heavy atom. The minimum absolute atomic E-state index is 0.119. The molecule has 5 aliphatic rings. The van der Waals surface area contributed by atoms with Crippen LogP contribution in [0.5, 0.6) is 0 Å². The van der Waals surface area contributed by atoms with Gasteiger partial charge in [-0.05, 0) is 44.6 Å². The molecular formula is C15H22O3. The fourth-order valence-corrected chi connectivity index (χ4v) is 3.70. The van der Waals surface area contributed by atoms with Crippen molar-refractivity contribution in [3.8, 4) is 0 Å². The molecule has 5 aliphatic carbocycles. The summed E-state index contributed by atoms with van der Waals surface area (Å²) in [5.41, 5.74) is -0.306. The smallest absolute Gasteiger partial charge is 0.312 e. The Morgan fingerprint density at radius 3 is 2.83 bits per heavy atom. The molecule has 5 rings (SSSR count). The maximum atomic E-state index is 12.2. The number of fused-ring (bicyclic) bond motifs is 1. The lowest BCUT2D eigenvalue weighted by Crippen LogP contribution is -2.63. The van der Waals surface area contributed by atoms with E-state index in [9.17, 15) is 9.90 Å². The molecule has 3 heteroatoms. The Morgan fingerprint density at radius 2 is 2.28 bits per heavy atom. The van der Waals surface area contributed by atoms with E-state index < -0.39 is 16.6 Å². The van der Waals surface area contributed by atoms with Gasteiger partial charge in [0, 0.05) is 12.8 Å². The largest absolute Gasteiger partial charge is 0.458 e. The lowest BCUT2D eigenvalue weighted by atomic mass is 9.49. The fraction of sp³-hybridized carbons (Fsp3) is 0.800. The van der Waals surface area contributed by atoms with Crippen LogP contribution in [0.3, 0.4) is 0 Å². The number of ether oxygens (including phenoxy) is 1. The van der Waals surface area contributed by atoms with E-state index in [1.54, 1.807) is 0 Å². The molecular weight excluding hydrogens is 228 g/mol. The Bertz CT molecular complexity index is 437. The van der Waals surface area contributed by atoms with Crippen LogP contribution in [-0.2, 0) is 9.53 Å². The van der Waals surface area contributed by atoms with E-state index in [2.05, 4.69) is 6.08 Å². The molecule has 4 bridgehead atoms. The van der Waals surface area contributed by atoms with Gasteiger partial charge < -0.3 is 9.84 Å². The highest BCUT2D eigenvalue weighted by atomic mass is 16.6. The normalized spacial score (nSPS) is 41.1. The van der Waals surface area contributed by atoms with Crippen molar-refractivity contribution in [1.82, 2.24) is 0 Å². The Labute approximate surface area is 108 Å². The first-order valence-corrected chi connectivity index (χ1v) is 6.97. The summed E-state index contributed by atoms with van der Waals surface area (Å²) in [4.78, 5) is 12.2. The van der Waals surface area contributed by atoms with Gasteiger partial charge in [0.15, 0.2) is 0 Å². The quantitative estimate of drug-likeness (QED) is 0.618. The van der Waals surface area contributed by atoms with Crippen LogP contribution < -0.4 is 0 Å². The molecule has 0 aromatic rings. The summed E-state index contributed by atoms with van der Waals surface area (Å²) in [7, 11) is 0. The van der Waals surface area contributed by atoms with E-state index in [-0.39, 0.29) is 5.97 Å². The van der Waals surface area contributed by atoms with Crippen LogP contribution >= 0.6 is 0 Å². The summed E-state index contributed by atoms with van der Waals surface area (Å²) in [6.45, 7) is 5.85. The van der Waals surface area contributed by atoms with Crippen LogP contribution in [-0.4, -0.2) is 22.3 Å². The molecule has 1 N–H and O–H groups in total. The van der Waals surface area contributed by atoms with Gasteiger partial charge in [-0.1, -0.05) is 13.0 Å². The minimum atomic E-state index is -0.655. The Balaban J connectivity index is 1.79. The van der Waals surface area contributed by atoms with Gasteiger partial charge >= 0.3 is 5.97 Å². The highest BCUT2D eigenvalue weighted by Crippen LogP contribution is 2.62. The lowest BCUT2D eigenvalue weighted by Gasteiger charge is -2.61. The van der Waals surface area contributed by atoms with Gasteiger partial charge in [-0.25, -0.2) is 0 Å². The van der Waals surface area contributed by atoms with Gasteiger partial charge in [0.25, 0.3) is 0 Å². The minimum Gasteiger partial charge on any atom is -0.458 e. The van der Waals surface area contributed by atoms with Crippen molar-refractivity contribution in [3.05, 3.63) is 11.6 Å². The number of aliphatic hydroxyl groups is 1. The van der Waals surface area contributed by atoms with Gasteiger partial charge in [0.2, 0.25) is 0 Å². The van der Waals surface area contributed by atoms with E-state index in [1.165, 1.54) is 5.57 Å². The first-order valence-electron chi connectivity index (χ1n) is 6.97. The van der Waals surface area contributed by atoms with Gasteiger partial charge in [0.05, 0.1) is 11.0 Å². The molecule has 0 saturated heterocycles. The van der Waals surface area contributed by atoms with Crippen molar-refractivity contribution < 1.29 is 14.6 Å². The molecule has 0 heterocycles. The zero-order valence-corrected chi connectivity index (χ0v) is 11.5. The number of carbonyl (C=O) groups is 1. The maximum absolute atomic E-state index is 12.2. The second kappa shape index (κ2) is 3.38. The topological polar surface area (TPSA) is 46.5 Å². The first kappa shape index (κ1) is 12.2. The summed E-state index contributed by atoms with van der Waals surface area (Å²) in [6.07, 6.45) is 6.03. The second-order valence-corrected chi connectivity index (χ2v) is 6.99. The third-order valence-corrected chi connectivity index (χ3v) is 5.23. The van der Waals surface area contributed by atoms with E-state index >= 15 is 0 Å². The molecule has 3 unspecified atom stereocenters. The van der Waals surface area contributed by atoms with Gasteiger partial charge in [-0.3, -0.25) is 4.79 Å². The Hall–Kier alpha value is -0.830. The third kappa shape index (κ3) is 1.49. The van der Waals surface area contributed by atoms with Gasteiger partial charge in [0.1, 0.15) is 5.60 Å². The van der Waals surface area contributed by atoms with E-state index in [4.69, 9.17) is 4.74 Å². The van der Waals surface area contributed by atoms with Crippen LogP contribution in [0, 0.1) is 11.3 Å². The van der Waals surface area contributed by atoms with Crippen LogP contribution in [0.1, 0.15) is 52.9 Å². The number of carbonyl (C=O) groups excluding carboxylic acids is 1. The molecule has 0 radical (unpaired) electrons. The second-order valence-electron chi connectivity index (χ2n) is 6.99. The maximum Gasteiger partial charge on any atom is 0.312 e. The fourth-order valence-electron chi connectivity index (χ4n) is 3.70. The zero-order valence-electron chi connectivity index (χ0n) is 11.5. The molecule has 0 aromatic carbocycles. The van der Waals surface area contributed by atoms with Crippen molar-refractivity contribution in [2.75, 3.05) is 0 Å². The predicted octanol–water partition coefficient (Wildman–Crippen LogP) is 2.58. The average molecular weight is 250 g/mol. The molecule has 0 spiro atoms. The number of hydrogen-bond donors (Lipinski definition) is 1. The van der Waals surface area contributed by atoms with Crippen LogP contribution in [0.25, 0.3) is 0 Å². The summed E-state index contributed by atoms with van der Waals surface area (Å²) >= 11 is 0. The van der Waals surface area contributed by atoms with Crippen molar-refractivity contribution in [3.63, 3.8) is 0 Å². The first-order chi connectivity index (χ1) is 8.30. The van der Waals surface area contributed by atoms with Crippen LogP contribution in [0.4, 0.5) is 0 Å². The highest BCUT2D eigenvalue weighted by molar-refractivity contribution is 5.76. The van der Waals surface area contributed by atoms with Crippen LogP contribution in [0.2, 0.25) is 0 Å². The summed E-state index contributed by atoms with van der Waals surface area (Å²) < 4.78 is 5.84. The molecule has 3 saturated carbocycles. The van der Waals surface area contributed by atoms with Crippen molar-refractivity contribution >= 4 is 5.97 Å². The molecule has 3 nitrogen and oxygen atoms in total. The molecule has 0 amide bonds. The monoisotopic (exact) mass is 250 g/mol. The molecule has 100 valence electrons. The molecule has 18 heavy (non-hydrogen) atoms. The number of hydrogen-bond acceptors (Lipinski definition) is 3. The number of esters is 1. The SMILES string of the molecule is CCC(C)(C)C(=O)OC12CC=C3C(C1)CC3(O)C2. The molecule has 0 aliphatic heterocycles. The van der Waals surface area contributed by atoms with Crippen molar-refractivity contribution in [1.29, 1.82) is 0 Å². The third-order valence-electron chi connectivity index (χ3n) is 5.23. The molecule has 0 aromatic heterocycles. The standard InChI is InChI=1S/C15H22O3/c1-4-13(2,3)12(16)18-14-6-5-11-10(7-14)8-15(11,17)9-14/h5,10,17H,4,6-9H2,1-3H3. The van der Waals surface area contributed by atoms with E-state index in [0.717, 1.165) is 25.7 Å². The van der Waals surface area contributed by atoms with E-state index in [0.29, 0.717) is 12.3 Å². The highest BCUT2D eigenvalue weighted by Gasteiger charge is 2.63. The lowest BCUT2D eigenvalue weighted by molar-refractivity contribution is -0.201. The van der Waals surface area contributed by atoms with Gasteiger partial charge in [-0.15, -0.1) is 0 Å². The average Bonchev–Trinajstić information content (AvgIpc) is 2.27. The van der Waals surface area contributed by atoms with Crippen LogP contribution in [0.15, 0.2) is 11.6 Å². The summed E-state index contributed by atoms with van der Waals surface area (Å²) in [5, 5.41) is 10.4. The Kier molecular flexibility index (Phi) is 2.30. The van der Waals surface area contributed by atoms with E-state index in [1.807, 2.05) is 20.8 Å². The number of rotatable bonds is 3. The molecule has 3 atom stereocenters. The summed E-state index contributed by atoms with van der Waals surface area (Å²) in [6, 6.07) is 0.